The van der Waals surface area contributed by atoms with Gasteiger partial charge in [0.25, 0.3) is 5.91 Å². The number of sulfonamides is 1. The summed E-state index contributed by atoms with van der Waals surface area (Å²) in [4.78, 5) is 12.0. The molecule has 0 saturated carbocycles. The van der Waals surface area contributed by atoms with Crippen LogP contribution < -0.4 is 10.1 Å². The highest BCUT2D eigenvalue weighted by Crippen LogP contribution is 2.12. The zero-order chi connectivity index (χ0) is 19.9. The van der Waals surface area contributed by atoms with Gasteiger partial charge in [-0.1, -0.05) is 24.3 Å². The summed E-state index contributed by atoms with van der Waals surface area (Å²) in [6.45, 7) is 0.471. The Bertz CT molecular complexity index is 870. The van der Waals surface area contributed by atoms with Crippen LogP contribution in [-0.4, -0.2) is 51.6 Å². The molecule has 1 amide bonds. The number of methoxy groups -OCH3 is 1. The predicted molar refractivity (Wildman–Crippen MR) is 102 cm³/mol. The van der Waals surface area contributed by atoms with E-state index < -0.39 is 21.7 Å². The maximum absolute atomic E-state index is 13.6. The van der Waals surface area contributed by atoms with Gasteiger partial charge in [0.1, 0.15) is 11.6 Å². The minimum absolute atomic E-state index is 0.0679. The molecule has 146 valence electrons. The Morgan fingerprint density at radius 3 is 2.37 bits per heavy atom. The zero-order valence-corrected chi connectivity index (χ0v) is 16.1. The zero-order valence-electron chi connectivity index (χ0n) is 15.3. The second-order valence-corrected chi connectivity index (χ2v) is 7.98. The van der Waals surface area contributed by atoms with Gasteiger partial charge in [-0.15, -0.1) is 0 Å². The second kappa shape index (κ2) is 9.48. The first-order valence-electron chi connectivity index (χ1n) is 8.42. The third-order valence-corrected chi connectivity index (χ3v) is 5.35. The van der Waals surface area contributed by atoms with Gasteiger partial charge in [-0.2, -0.15) is 0 Å². The molecule has 6 nitrogen and oxygen atoms in total. The first-order valence-corrected chi connectivity index (χ1v) is 10.3. The van der Waals surface area contributed by atoms with E-state index in [1.807, 2.05) is 24.3 Å². The molecule has 0 fully saturated rings. The lowest BCUT2D eigenvalue weighted by Crippen LogP contribution is -2.39. The van der Waals surface area contributed by atoms with Crippen LogP contribution in [0.4, 0.5) is 4.39 Å². The number of carbonyl (C=O) groups is 1. The Kier molecular flexibility index (Phi) is 7.32. The van der Waals surface area contributed by atoms with Crippen LogP contribution in [0.5, 0.6) is 5.75 Å². The van der Waals surface area contributed by atoms with Gasteiger partial charge in [0.15, 0.2) is 0 Å². The molecular formula is C19H23FN2O4S. The molecule has 1 N–H and O–H groups in total. The number of amides is 1. The number of nitrogens with zero attached hydrogens (tertiary/aromatic N) is 1. The Hall–Kier alpha value is -2.45. The molecule has 0 aromatic heterocycles. The van der Waals surface area contributed by atoms with Gasteiger partial charge in [0.2, 0.25) is 10.0 Å². The highest BCUT2D eigenvalue weighted by atomic mass is 32.2. The summed E-state index contributed by atoms with van der Waals surface area (Å²) in [7, 11) is -1.86. The smallest absolute Gasteiger partial charge is 0.254 e. The van der Waals surface area contributed by atoms with E-state index in [9.17, 15) is 17.6 Å². The van der Waals surface area contributed by atoms with Crippen LogP contribution in [0, 0.1) is 5.82 Å². The number of hydrogen-bond acceptors (Lipinski definition) is 4. The number of benzene rings is 2. The highest BCUT2D eigenvalue weighted by Gasteiger charge is 2.17. The van der Waals surface area contributed by atoms with E-state index in [4.69, 9.17) is 4.74 Å². The number of ether oxygens (including phenoxy) is 1. The van der Waals surface area contributed by atoms with E-state index in [0.717, 1.165) is 17.6 Å². The molecular weight excluding hydrogens is 371 g/mol. The minimum atomic E-state index is -3.44. The van der Waals surface area contributed by atoms with Crippen molar-refractivity contribution in [3.63, 3.8) is 0 Å². The van der Waals surface area contributed by atoms with Crippen LogP contribution in [0.2, 0.25) is 0 Å². The number of hydrogen-bond donors (Lipinski definition) is 1. The van der Waals surface area contributed by atoms with Gasteiger partial charge in [0, 0.05) is 19.6 Å². The van der Waals surface area contributed by atoms with Crippen molar-refractivity contribution in [2.75, 3.05) is 33.0 Å². The summed E-state index contributed by atoms with van der Waals surface area (Å²) >= 11 is 0. The molecule has 0 saturated heterocycles. The Balaban J connectivity index is 1.90. The standard InChI is InChI=1S/C19H23FN2O4S/c1-26-16-9-7-15(8-10-16)11-13-22(27(2,24)25)14-12-21-19(23)17-5-3-4-6-18(17)20/h3-10H,11-14H2,1-2H3,(H,21,23). The van der Waals surface area contributed by atoms with Crippen molar-refractivity contribution in [1.29, 1.82) is 0 Å². The van der Waals surface area contributed by atoms with Crippen molar-refractivity contribution in [2.24, 2.45) is 0 Å². The Morgan fingerprint density at radius 1 is 1.11 bits per heavy atom. The molecule has 0 aliphatic heterocycles. The molecule has 8 heteroatoms. The molecule has 0 atom stereocenters. The number of carbonyl (C=O) groups excluding carboxylic acids is 1. The molecule has 0 heterocycles. The van der Waals surface area contributed by atoms with Crippen molar-refractivity contribution in [1.82, 2.24) is 9.62 Å². The van der Waals surface area contributed by atoms with Crippen LogP contribution in [0.1, 0.15) is 15.9 Å². The SMILES string of the molecule is COc1ccc(CCN(CCNC(=O)c2ccccc2F)S(C)(=O)=O)cc1. The molecule has 0 unspecified atom stereocenters. The molecule has 0 radical (unpaired) electrons. The van der Waals surface area contributed by atoms with Gasteiger partial charge in [-0.3, -0.25) is 4.79 Å². The molecule has 27 heavy (non-hydrogen) atoms. The summed E-state index contributed by atoms with van der Waals surface area (Å²) in [6.07, 6.45) is 1.65. The summed E-state index contributed by atoms with van der Waals surface area (Å²) in [5.41, 5.74) is 0.904. The van der Waals surface area contributed by atoms with Crippen LogP contribution in [0.15, 0.2) is 48.5 Å². The summed E-state index contributed by atoms with van der Waals surface area (Å²) in [5, 5.41) is 2.55. The van der Waals surface area contributed by atoms with E-state index in [1.54, 1.807) is 13.2 Å². The first-order chi connectivity index (χ1) is 12.8. The van der Waals surface area contributed by atoms with Gasteiger partial charge >= 0.3 is 0 Å². The Labute approximate surface area is 159 Å². The van der Waals surface area contributed by atoms with Gasteiger partial charge in [0.05, 0.1) is 18.9 Å². The van der Waals surface area contributed by atoms with Gasteiger partial charge < -0.3 is 10.1 Å². The normalized spacial score (nSPS) is 11.4. The van der Waals surface area contributed by atoms with E-state index in [-0.39, 0.29) is 25.2 Å². The number of nitrogens with one attached hydrogen (secondary N) is 1. The topological polar surface area (TPSA) is 75.7 Å². The fraction of sp³-hybridized carbons (Fsp3) is 0.316. The van der Waals surface area contributed by atoms with E-state index in [0.29, 0.717) is 6.42 Å². The fourth-order valence-electron chi connectivity index (χ4n) is 2.52. The largest absolute Gasteiger partial charge is 0.497 e. The maximum Gasteiger partial charge on any atom is 0.254 e. The minimum Gasteiger partial charge on any atom is -0.497 e. The predicted octanol–water partition coefficient (Wildman–Crippen LogP) is 2.07. The molecule has 2 aromatic carbocycles. The molecule has 0 aliphatic rings. The third-order valence-electron chi connectivity index (χ3n) is 4.04. The molecule has 0 bridgehead atoms. The van der Waals surface area contributed by atoms with Crippen LogP contribution in [-0.2, 0) is 16.4 Å². The quantitative estimate of drug-likeness (QED) is 0.707. The van der Waals surface area contributed by atoms with Crippen molar-refractivity contribution >= 4 is 15.9 Å². The van der Waals surface area contributed by atoms with E-state index in [1.165, 1.54) is 22.5 Å². The van der Waals surface area contributed by atoms with Crippen molar-refractivity contribution in [3.05, 3.63) is 65.5 Å². The summed E-state index contributed by atoms with van der Waals surface area (Å²) < 4.78 is 44.0. The third kappa shape index (κ3) is 6.33. The number of rotatable bonds is 9. The highest BCUT2D eigenvalue weighted by molar-refractivity contribution is 7.88. The average molecular weight is 394 g/mol. The summed E-state index contributed by atoms with van der Waals surface area (Å²) in [6, 6.07) is 13.0. The average Bonchev–Trinajstić information content (AvgIpc) is 2.64. The second-order valence-electron chi connectivity index (χ2n) is 6.00. The summed E-state index contributed by atoms with van der Waals surface area (Å²) in [5.74, 6) is -0.458. The van der Waals surface area contributed by atoms with Crippen molar-refractivity contribution in [3.8, 4) is 5.75 Å². The van der Waals surface area contributed by atoms with Gasteiger partial charge in [-0.05, 0) is 36.2 Å². The monoisotopic (exact) mass is 394 g/mol. The van der Waals surface area contributed by atoms with E-state index >= 15 is 0 Å². The van der Waals surface area contributed by atoms with Crippen LogP contribution >= 0.6 is 0 Å². The lowest BCUT2D eigenvalue weighted by Gasteiger charge is -2.20. The van der Waals surface area contributed by atoms with Crippen LogP contribution in [0.25, 0.3) is 0 Å². The lowest BCUT2D eigenvalue weighted by molar-refractivity contribution is 0.0947. The van der Waals surface area contributed by atoms with E-state index in [2.05, 4.69) is 5.32 Å². The Morgan fingerprint density at radius 2 is 1.78 bits per heavy atom. The number of halogens is 1. The fourth-order valence-corrected chi connectivity index (χ4v) is 3.37. The van der Waals surface area contributed by atoms with Crippen molar-refractivity contribution < 1.29 is 22.3 Å². The molecule has 0 spiro atoms. The van der Waals surface area contributed by atoms with Gasteiger partial charge in [-0.25, -0.2) is 17.1 Å². The molecule has 0 aliphatic carbocycles. The van der Waals surface area contributed by atoms with Crippen molar-refractivity contribution in [2.45, 2.75) is 6.42 Å². The maximum atomic E-state index is 13.6. The molecule has 2 rings (SSSR count). The molecule has 2 aromatic rings. The lowest BCUT2D eigenvalue weighted by atomic mass is 10.1. The first kappa shape index (κ1) is 20.9. The van der Waals surface area contributed by atoms with Crippen LogP contribution in [0.3, 0.4) is 0 Å².